The predicted octanol–water partition coefficient (Wildman–Crippen LogP) is 2.82. The number of esters is 1. The van der Waals surface area contributed by atoms with E-state index in [-0.39, 0.29) is 11.9 Å². The van der Waals surface area contributed by atoms with Crippen LogP contribution in [0, 0.1) is 6.92 Å². The number of thiophene rings is 1. The smallest absolute Gasteiger partial charge is 0.348 e. The van der Waals surface area contributed by atoms with E-state index in [1.165, 1.54) is 11.3 Å². The Morgan fingerprint density at radius 3 is 2.80 bits per heavy atom. The molecule has 106 valence electrons. The first-order valence-corrected chi connectivity index (χ1v) is 7.04. The summed E-state index contributed by atoms with van der Waals surface area (Å²) >= 11 is 1.22. The molecule has 0 aliphatic heterocycles. The molecule has 1 amide bonds. The predicted molar refractivity (Wildman–Crippen MR) is 78.4 cm³/mol. The van der Waals surface area contributed by atoms with Gasteiger partial charge in [-0.1, -0.05) is 0 Å². The van der Waals surface area contributed by atoms with Crippen molar-refractivity contribution in [3.63, 3.8) is 0 Å². The average Bonchev–Trinajstić information content (AvgIpc) is 2.96. The van der Waals surface area contributed by atoms with E-state index in [0.717, 1.165) is 5.56 Å². The van der Waals surface area contributed by atoms with Crippen LogP contribution in [0.15, 0.2) is 24.4 Å². The summed E-state index contributed by atoms with van der Waals surface area (Å²) in [7, 11) is 1.80. The number of aryl methyl sites for hydroxylation is 2. The minimum Gasteiger partial charge on any atom is -0.462 e. The Morgan fingerprint density at radius 1 is 1.45 bits per heavy atom. The molecule has 2 rings (SSSR count). The van der Waals surface area contributed by atoms with Gasteiger partial charge in [-0.15, -0.1) is 11.3 Å². The molecule has 0 atom stereocenters. The molecule has 2 heterocycles. The molecular weight excluding hydrogens is 276 g/mol. The molecule has 0 unspecified atom stereocenters. The Balaban J connectivity index is 2.15. The van der Waals surface area contributed by atoms with Crippen LogP contribution in [-0.4, -0.2) is 23.1 Å². The van der Waals surface area contributed by atoms with Crippen LogP contribution in [0.25, 0.3) is 0 Å². The van der Waals surface area contributed by atoms with Crippen LogP contribution >= 0.6 is 11.3 Å². The monoisotopic (exact) mass is 292 g/mol. The first-order chi connectivity index (χ1) is 9.52. The Labute approximate surface area is 121 Å². The van der Waals surface area contributed by atoms with E-state index in [1.54, 1.807) is 42.9 Å². The highest BCUT2D eigenvalue weighted by Crippen LogP contribution is 2.27. The van der Waals surface area contributed by atoms with Crippen molar-refractivity contribution in [2.45, 2.75) is 13.8 Å². The third kappa shape index (κ3) is 2.91. The molecule has 1 N–H and O–H groups in total. The molecule has 0 bridgehead atoms. The number of carbonyl (C=O) groups excluding carboxylic acids is 2. The van der Waals surface area contributed by atoms with Crippen molar-refractivity contribution in [3.05, 3.63) is 40.5 Å². The molecule has 0 aromatic carbocycles. The number of hydrogen-bond acceptors (Lipinski definition) is 4. The number of nitrogens with one attached hydrogen (secondary N) is 1. The molecule has 0 fully saturated rings. The molecule has 0 spiro atoms. The van der Waals surface area contributed by atoms with Gasteiger partial charge in [0.25, 0.3) is 5.91 Å². The highest BCUT2D eigenvalue weighted by Gasteiger charge is 2.17. The van der Waals surface area contributed by atoms with E-state index in [0.29, 0.717) is 22.2 Å². The van der Waals surface area contributed by atoms with Crippen LogP contribution in [0.1, 0.15) is 32.6 Å². The quantitative estimate of drug-likeness (QED) is 0.881. The van der Waals surface area contributed by atoms with Gasteiger partial charge in [-0.3, -0.25) is 4.79 Å². The molecule has 5 nitrogen and oxygen atoms in total. The Bertz CT molecular complexity index is 643. The lowest BCUT2D eigenvalue weighted by Gasteiger charge is -2.03. The molecule has 0 saturated carbocycles. The summed E-state index contributed by atoms with van der Waals surface area (Å²) in [6.07, 6.45) is 1.80. The van der Waals surface area contributed by atoms with Crippen molar-refractivity contribution in [2.75, 3.05) is 11.9 Å². The van der Waals surface area contributed by atoms with Crippen LogP contribution in [-0.2, 0) is 11.8 Å². The van der Waals surface area contributed by atoms with Crippen LogP contribution in [0.5, 0.6) is 0 Å². The summed E-state index contributed by atoms with van der Waals surface area (Å²) in [5, 5.41) is 3.43. The van der Waals surface area contributed by atoms with E-state index < -0.39 is 0 Å². The second kappa shape index (κ2) is 5.92. The maximum absolute atomic E-state index is 12.1. The summed E-state index contributed by atoms with van der Waals surface area (Å²) in [4.78, 5) is 24.3. The van der Waals surface area contributed by atoms with Crippen LogP contribution < -0.4 is 5.32 Å². The van der Waals surface area contributed by atoms with Crippen LogP contribution in [0.2, 0.25) is 0 Å². The zero-order valence-corrected chi connectivity index (χ0v) is 12.4. The number of nitrogens with zero attached hydrogens (tertiary/aromatic N) is 1. The van der Waals surface area contributed by atoms with Gasteiger partial charge < -0.3 is 14.6 Å². The number of aromatic nitrogens is 1. The molecule has 0 radical (unpaired) electrons. The first kappa shape index (κ1) is 14.3. The Hall–Kier alpha value is -2.08. The zero-order chi connectivity index (χ0) is 14.7. The standard InChI is InChI=1S/C14H16N2O3S/c1-4-19-14(18)12-9(2)8-11(20-12)15-13(17)10-6-5-7-16(10)3/h5-8H,4H2,1-3H3,(H,15,17). The molecule has 0 aliphatic carbocycles. The number of rotatable bonds is 4. The van der Waals surface area contributed by atoms with Crippen molar-refractivity contribution >= 4 is 28.2 Å². The lowest BCUT2D eigenvalue weighted by atomic mass is 10.3. The van der Waals surface area contributed by atoms with E-state index in [4.69, 9.17) is 4.74 Å². The minimum atomic E-state index is -0.352. The lowest BCUT2D eigenvalue weighted by Crippen LogP contribution is -2.14. The number of hydrogen-bond donors (Lipinski definition) is 1. The largest absolute Gasteiger partial charge is 0.462 e. The second-order valence-electron chi connectivity index (χ2n) is 4.30. The second-order valence-corrected chi connectivity index (χ2v) is 5.35. The highest BCUT2D eigenvalue weighted by atomic mass is 32.1. The van der Waals surface area contributed by atoms with Crippen molar-refractivity contribution in [3.8, 4) is 0 Å². The van der Waals surface area contributed by atoms with Crippen molar-refractivity contribution in [1.82, 2.24) is 4.57 Å². The van der Waals surface area contributed by atoms with E-state index >= 15 is 0 Å². The first-order valence-electron chi connectivity index (χ1n) is 6.23. The zero-order valence-electron chi connectivity index (χ0n) is 11.6. The van der Waals surface area contributed by atoms with E-state index in [2.05, 4.69) is 5.32 Å². The van der Waals surface area contributed by atoms with Crippen LogP contribution in [0.4, 0.5) is 5.00 Å². The van der Waals surface area contributed by atoms with E-state index in [1.807, 2.05) is 6.92 Å². The third-order valence-electron chi connectivity index (χ3n) is 2.79. The summed E-state index contributed by atoms with van der Waals surface area (Å²) in [6.45, 7) is 3.92. The number of carbonyl (C=O) groups is 2. The average molecular weight is 292 g/mol. The maximum atomic E-state index is 12.1. The molecule has 6 heteroatoms. The maximum Gasteiger partial charge on any atom is 0.348 e. The third-order valence-corrected chi connectivity index (χ3v) is 3.92. The topological polar surface area (TPSA) is 60.3 Å². The lowest BCUT2D eigenvalue weighted by molar-refractivity contribution is 0.0531. The SMILES string of the molecule is CCOC(=O)c1sc(NC(=O)c2cccn2C)cc1C. The summed E-state index contributed by atoms with van der Waals surface area (Å²) in [6, 6.07) is 5.32. The Morgan fingerprint density at radius 2 is 2.20 bits per heavy atom. The van der Waals surface area contributed by atoms with Gasteiger partial charge in [-0.2, -0.15) is 0 Å². The van der Waals surface area contributed by atoms with Crippen molar-refractivity contribution < 1.29 is 14.3 Å². The van der Waals surface area contributed by atoms with Gasteiger partial charge >= 0.3 is 5.97 Å². The van der Waals surface area contributed by atoms with Gasteiger partial charge in [-0.25, -0.2) is 4.79 Å². The Kier molecular flexibility index (Phi) is 4.24. The minimum absolute atomic E-state index is 0.200. The normalized spacial score (nSPS) is 10.3. The molecular formula is C14H16N2O3S. The van der Waals surface area contributed by atoms with E-state index in [9.17, 15) is 9.59 Å². The van der Waals surface area contributed by atoms with Gasteiger partial charge in [-0.05, 0) is 37.6 Å². The molecule has 20 heavy (non-hydrogen) atoms. The highest BCUT2D eigenvalue weighted by molar-refractivity contribution is 7.18. The molecule has 0 saturated heterocycles. The molecule has 2 aromatic rings. The number of amides is 1. The van der Waals surface area contributed by atoms with Gasteiger partial charge in [0.2, 0.25) is 0 Å². The summed E-state index contributed by atoms with van der Waals surface area (Å²) in [5.74, 6) is -0.552. The molecule has 0 aliphatic rings. The fourth-order valence-electron chi connectivity index (χ4n) is 1.82. The fourth-order valence-corrected chi connectivity index (χ4v) is 2.78. The summed E-state index contributed by atoms with van der Waals surface area (Å²) < 4.78 is 6.71. The van der Waals surface area contributed by atoms with Gasteiger partial charge in [0.1, 0.15) is 10.6 Å². The molecule has 2 aromatic heterocycles. The number of ether oxygens (including phenoxy) is 1. The summed E-state index contributed by atoms with van der Waals surface area (Å²) in [5.41, 5.74) is 1.37. The fraction of sp³-hybridized carbons (Fsp3) is 0.286. The van der Waals surface area contributed by atoms with Gasteiger partial charge in [0.05, 0.1) is 11.6 Å². The van der Waals surface area contributed by atoms with Gasteiger partial charge in [0, 0.05) is 13.2 Å². The van der Waals surface area contributed by atoms with Crippen LogP contribution in [0.3, 0.4) is 0 Å². The van der Waals surface area contributed by atoms with Gasteiger partial charge in [0.15, 0.2) is 0 Å². The van der Waals surface area contributed by atoms with Crippen molar-refractivity contribution in [1.29, 1.82) is 0 Å². The van der Waals surface area contributed by atoms with Crippen molar-refractivity contribution in [2.24, 2.45) is 7.05 Å². The number of anilines is 1.